The number of quaternary nitrogens is 2. The molecule has 0 amide bonds. The largest absolute Gasteiger partial charge is 0.673 e. The van der Waals surface area contributed by atoms with Crippen molar-refractivity contribution in [1.82, 2.24) is 9.80 Å². The van der Waals surface area contributed by atoms with Crippen LogP contribution in [0.15, 0.2) is 0 Å². The fourth-order valence-corrected chi connectivity index (χ4v) is 6.28. The van der Waals surface area contributed by atoms with E-state index in [-0.39, 0.29) is 37.0 Å². The number of fused-ring (bicyclic) bond motifs is 6. The smallest absolute Gasteiger partial charge is 0.418 e. The lowest BCUT2D eigenvalue weighted by molar-refractivity contribution is -1.16. The molecule has 6 heterocycles. The summed E-state index contributed by atoms with van der Waals surface area (Å²) in [5.41, 5.74) is -0.613. The molecule has 0 aromatic rings. The molecule has 0 aromatic carbocycles. The van der Waals surface area contributed by atoms with Crippen molar-refractivity contribution in [2.75, 3.05) is 72.0 Å². The zero-order chi connectivity index (χ0) is 27.3. The van der Waals surface area contributed by atoms with E-state index < -0.39 is 32.5 Å². The standard InChI is InChI=1S/C10H20FN2O3P.C6H12N2.2BF4/c1-3-10(4-2)9-12(17(14,15)16)5-7-13(10,11)8-6-12;1-2-8-5-3-7(1)4-6-8;2*2-1(3,4)5/h3-9H2,1-2H3;1-6H2;;/q;;2*-1/p+2. The lowest BCUT2D eigenvalue weighted by Gasteiger charge is -2.58. The topological polar surface area (TPSA) is 64.0 Å². The fraction of sp³-hybridized carbons (Fsp3) is 1.00. The van der Waals surface area contributed by atoms with Crippen LogP contribution in [-0.2, 0) is 4.57 Å². The first-order valence-electron chi connectivity index (χ1n) is 11.4. The van der Waals surface area contributed by atoms with Gasteiger partial charge in [0.1, 0.15) is 19.6 Å². The normalized spacial score (nSPS) is 33.4. The molecule has 0 atom stereocenters. The molecule has 0 spiro atoms. The van der Waals surface area contributed by atoms with E-state index in [1.54, 1.807) is 0 Å². The van der Waals surface area contributed by atoms with Gasteiger partial charge >= 0.3 is 22.3 Å². The Hall–Kier alpha value is -0.510. The number of nitrogens with zero attached hydrogens (tertiary/aromatic N) is 4. The second-order valence-electron chi connectivity index (χ2n) is 9.13. The Morgan fingerprint density at radius 1 is 0.743 bits per heavy atom. The molecule has 0 aromatic heterocycles. The first-order chi connectivity index (χ1) is 15.7. The number of hydrogen-bond donors (Lipinski definition) is 2. The van der Waals surface area contributed by atoms with Gasteiger partial charge in [0.2, 0.25) is 0 Å². The van der Waals surface area contributed by atoms with Crippen molar-refractivity contribution in [1.29, 1.82) is 0 Å². The first-order valence-corrected chi connectivity index (χ1v) is 12.9. The Morgan fingerprint density at radius 3 is 1.23 bits per heavy atom. The summed E-state index contributed by atoms with van der Waals surface area (Å²) >= 11 is 0. The second kappa shape index (κ2) is 11.9. The average molecular weight is 554 g/mol. The third-order valence-corrected chi connectivity index (χ3v) is 8.89. The van der Waals surface area contributed by atoms with Crippen molar-refractivity contribution >= 4 is 22.3 Å². The molecule has 35 heavy (non-hydrogen) atoms. The van der Waals surface area contributed by atoms with Gasteiger partial charge in [-0.1, -0.05) is 13.8 Å². The van der Waals surface area contributed by atoms with Crippen LogP contribution >= 0.6 is 7.75 Å². The molecule has 210 valence electrons. The minimum Gasteiger partial charge on any atom is -0.418 e. The number of hydrogen-bond acceptors (Lipinski definition) is 3. The highest BCUT2D eigenvalue weighted by Crippen LogP contribution is 2.57. The van der Waals surface area contributed by atoms with Gasteiger partial charge in [0.15, 0.2) is 18.6 Å². The Morgan fingerprint density at radius 2 is 1.03 bits per heavy atom. The van der Waals surface area contributed by atoms with E-state index in [2.05, 4.69) is 9.80 Å². The van der Waals surface area contributed by atoms with E-state index in [0.717, 1.165) is 0 Å². The summed E-state index contributed by atoms with van der Waals surface area (Å²) in [5.74, 6) is 0. The van der Waals surface area contributed by atoms with E-state index in [4.69, 9.17) is 0 Å². The number of rotatable bonds is 3. The molecule has 19 heteroatoms. The van der Waals surface area contributed by atoms with Crippen LogP contribution in [0.2, 0.25) is 0 Å². The molecular formula is C16H34B2F9N4O3P. The van der Waals surface area contributed by atoms with Crippen molar-refractivity contribution in [2.45, 2.75) is 32.2 Å². The van der Waals surface area contributed by atoms with Crippen molar-refractivity contribution in [2.24, 2.45) is 0 Å². The summed E-state index contributed by atoms with van der Waals surface area (Å²) in [7, 11) is -16.2. The van der Waals surface area contributed by atoms with Crippen LogP contribution in [0.1, 0.15) is 26.7 Å². The summed E-state index contributed by atoms with van der Waals surface area (Å²) in [4.78, 5) is 24.2. The molecule has 0 aliphatic carbocycles. The van der Waals surface area contributed by atoms with Crippen LogP contribution in [0.3, 0.4) is 0 Å². The van der Waals surface area contributed by atoms with E-state index in [0.29, 0.717) is 12.8 Å². The highest BCUT2D eigenvalue weighted by Gasteiger charge is 2.70. The lowest BCUT2D eigenvalue weighted by Crippen LogP contribution is -2.80. The molecule has 2 N–H and O–H groups in total. The maximum Gasteiger partial charge on any atom is 0.673 e. The average Bonchev–Trinajstić information content (AvgIpc) is 2.73. The molecule has 6 aliphatic heterocycles. The molecule has 6 saturated heterocycles. The highest BCUT2D eigenvalue weighted by molar-refractivity contribution is 7.45. The van der Waals surface area contributed by atoms with Gasteiger partial charge in [-0.2, -0.15) is 0 Å². The number of piperazine rings is 6. The van der Waals surface area contributed by atoms with Crippen LogP contribution in [0, 0.1) is 0 Å². The Labute approximate surface area is 199 Å². The zero-order valence-corrected chi connectivity index (χ0v) is 20.7. The Kier molecular flexibility index (Phi) is 11.1. The van der Waals surface area contributed by atoms with E-state index >= 15 is 0 Å². The van der Waals surface area contributed by atoms with E-state index in [1.807, 2.05) is 13.8 Å². The molecule has 7 nitrogen and oxygen atoms in total. The van der Waals surface area contributed by atoms with Crippen molar-refractivity contribution in [3.8, 4) is 0 Å². The molecule has 6 fully saturated rings. The third-order valence-electron chi connectivity index (χ3n) is 7.25. The van der Waals surface area contributed by atoms with Gasteiger partial charge in [0.25, 0.3) is 0 Å². The maximum absolute atomic E-state index is 14.9. The maximum atomic E-state index is 14.9. The van der Waals surface area contributed by atoms with Gasteiger partial charge < -0.3 is 34.5 Å². The quantitative estimate of drug-likeness (QED) is 0.243. The fourth-order valence-electron chi connectivity index (χ4n) is 5.13. The molecule has 6 rings (SSSR count). The molecule has 0 unspecified atom stereocenters. The lowest BCUT2D eigenvalue weighted by atomic mass is 9.85. The summed E-state index contributed by atoms with van der Waals surface area (Å²) < 4.78 is 104. The van der Waals surface area contributed by atoms with Gasteiger partial charge in [-0.15, -0.1) is 4.71 Å². The third kappa shape index (κ3) is 9.71. The van der Waals surface area contributed by atoms with Gasteiger partial charge in [-0.25, -0.2) is 8.82 Å². The predicted molar refractivity (Wildman–Crippen MR) is 115 cm³/mol. The Bertz CT molecular complexity index is 662. The van der Waals surface area contributed by atoms with Crippen LogP contribution in [0.5, 0.6) is 0 Å². The SMILES string of the molecule is C1CN2CCN1CC2.CCC1(CC)C[N+]2(P(=O)(O)O)CC[N+]1(F)CC2.F[B-](F)(F)F.F[B-](F)(F)F. The van der Waals surface area contributed by atoms with Gasteiger partial charge in [-0.05, 0) is 4.48 Å². The van der Waals surface area contributed by atoms with Gasteiger partial charge in [0.05, 0.1) is 0 Å². The zero-order valence-electron chi connectivity index (χ0n) is 19.8. The minimum absolute atomic E-state index is 0.210. The van der Waals surface area contributed by atoms with Crippen molar-refractivity contribution in [3.05, 3.63) is 0 Å². The van der Waals surface area contributed by atoms with E-state index in [9.17, 15) is 53.4 Å². The van der Waals surface area contributed by atoms with Crippen LogP contribution in [-0.4, -0.2) is 121 Å². The Balaban J connectivity index is 0.000000280. The van der Waals surface area contributed by atoms with Crippen LogP contribution in [0.4, 0.5) is 39.0 Å². The molecule has 0 saturated carbocycles. The highest BCUT2D eigenvalue weighted by atomic mass is 31.2. The number of halogens is 9. The van der Waals surface area contributed by atoms with Gasteiger partial charge in [0, 0.05) is 52.1 Å². The second-order valence-corrected chi connectivity index (χ2v) is 11.0. The monoisotopic (exact) mass is 554 g/mol. The van der Waals surface area contributed by atoms with Crippen LogP contribution in [0.25, 0.3) is 0 Å². The first kappa shape index (κ1) is 32.5. The van der Waals surface area contributed by atoms with Crippen molar-refractivity contribution < 1.29 is 62.3 Å². The minimum atomic E-state index is -6.00. The summed E-state index contributed by atoms with van der Waals surface area (Å²) in [6.45, 7) is 13.0. The van der Waals surface area contributed by atoms with Gasteiger partial charge in [-0.3, -0.25) is 19.6 Å². The van der Waals surface area contributed by atoms with Crippen LogP contribution < -0.4 is 0 Å². The van der Waals surface area contributed by atoms with Crippen molar-refractivity contribution in [3.63, 3.8) is 0 Å². The summed E-state index contributed by atoms with van der Waals surface area (Å²) in [6, 6.07) is 0. The molecular weight excluding hydrogens is 520 g/mol. The summed E-state index contributed by atoms with van der Waals surface area (Å²) in [5, 5.41) is 0. The molecule has 4 bridgehead atoms. The van der Waals surface area contributed by atoms with E-state index in [1.165, 1.54) is 39.3 Å². The summed E-state index contributed by atoms with van der Waals surface area (Å²) in [6.07, 6.45) is 1.25. The predicted octanol–water partition coefficient (Wildman–Crippen LogP) is 3.40. The molecule has 6 aliphatic rings. The molecule has 0 radical (unpaired) electrons.